The van der Waals surface area contributed by atoms with Crippen LogP contribution in [0, 0.1) is 11.3 Å². The zero-order chi connectivity index (χ0) is 20.5. The van der Waals surface area contributed by atoms with Crippen molar-refractivity contribution in [3.63, 3.8) is 0 Å². The van der Waals surface area contributed by atoms with Gasteiger partial charge < -0.3 is 9.47 Å². The third-order valence-electron chi connectivity index (χ3n) is 6.21. The number of nitrogens with one attached hydrogen (secondary N) is 1. The first-order chi connectivity index (χ1) is 13.1. The molecule has 1 aromatic carbocycles. The van der Waals surface area contributed by atoms with Crippen LogP contribution < -0.4 is 9.46 Å². The number of fused-ring (bicyclic) bond motifs is 1. The molecule has 0 heterocycles. The van der Waals surface area contributed by atoms with Crippen molar-refractivity contribution >= 4 is 11.0 Å². The third kappa shape index (κ3) is 4.63. The molecule has 4 nitrogen and oxygen atoms in total. The zero-order valence-electron chi connectivity index (χ0n) is 18.3. The Kier molecular flexibility index (Phi) is 6.58. The molecular weight excluding hydrogens is 370 g/mol. The summed E-state index contributed by atoms with van der Waals surface area (Å²) in [6, 6.07) is 6.60. The maximum atomic E-state index is 13.0. The van der Waals surface area contributed by atoms with E-state index in [4.69, 9.17) is 9.47 Å². The number of hydrogen-bond donors (Lipinski definition) is 1. The van der Waals surface area contributed by atoms with Crippen molar-refractivity contribution in [2.45, 2.75) is 83.6 Å². The van der Waals surface area contributed by atoms with Crippen molar-refractivity contribution in [2.24, 2.45) is 11.3 Å². The van der Waals surface area contributed by atoms with Gasteiger partial charge in [0.15, 0.2) is 0 Å². The molecule has 0 radical (unpaired) electrons. The molecular formula is C23H37NO3S. The molecule has 0 aliphatic heterocycles. The van der Waals surface area contributed by atoms with Crippen molar-refractivity contribution in [3.05, 3.63) is 29.3 Å². The predicted molar refractivity (Wildman–Crippen MR) is 116 cm³/mol. The second-order valence-corrected chi connectivity index (χ2v) is 12.0. The number of methoxy groups -OCH3 is 1. The molecule has 5 heteroatoms. The van der Waals surface area contributed by atoms with E-state index in [0.29, 0.717) is 18.6 Å². The van der Waals surface area contributed by atoms with Gasteiger partial charge in [-0.25, -0.2) is 8.93 Å². The van der Waals surface area contributed by atoms with Crippen LogP contribution in [0.4, 0.5) is 0 Å². The monoisotopic (exact) mass is 407 g/mol. The molecule has 0 aromatic heterocycles. The van der Waals surface area contributed by atoms with Crippen LogP contribution in [-0.2, 0) is 22.1 Å². The van der Waals surface area contributed by atoms with Gasteiger partial charge in [-0.05, 0) is 87.5 Å². The minimum absolute atomic E-state index is 0.1000. The highest BCUT2D eigenvalue weighted by Crippen LogP contribution is 2.55. The average molecular weight is 408 g/mol. The molecule has 3 rings (SSSR count). The maximum absolute atomic E-state index is 13.0. The molecule has 1 saturated carbocycles. The van der Waals surface area contributed by atoms with Gasteiger partial charge in [-0.2, -0.15) is 0 Å². The Morgan fingerprint density at radius 2 is 1.93 bits per heavy atom. The Morgan fingerprint density at radius 3 is 2.50 bits per heavy atom. The first-order valence-electron chi connectivity index (χ1n) is 10.6. The van der Waals surface area contributed by atoms with Gasteiger partial charge in [0.05, 0.1) is 34.5 Å². The molecule has 2 aliphatic carbocycles. The molecule has 1 spiro atoms. The second-order valence-electron chi connectivity index (χ2n) is 9.97. The lowest BCUT2D eigenvalue weighted by molar-refractivity contribution is 0.0187. The Morgan fingerprint density at radius 1 is 1.25 bits per heavy atom. The second kappa shape index (κ2) is 8.45. The van der Waals surface area contributed by atoms with Crippen LogP contribution in [-0.4, -0.2) is 28.8 Å². The Balaban J connectivity index is 1.90. The summed E-state index contributed by atoms with van der Waals surface area (Å²) in [6.45, 7) is 11.1. The van der Waals surface area contributed by atoms with Crippen LogP contribution in [0.15, 0.2) is 18.2 Å². The summed E-state index contributed by atoms with van der Waals surface area (Å²) in [5.41, 5.74) is 2.76. The van der Waals surface area contributed by atoms with E-state index in [1.807, 2.05) is 27.9 Å². The van der Waals surface area contributed by atoms with E-state index >= 15 is 0 Å². The first-order valence-corrected chi connectivity index (χ1v) is 11.8. The lowest BCUT2D eigenvalue weighted by atomic mass is 9.69. The van der Waals surface area contributed by atoms with Crippen molar-refractivity contribution < 1.29 is 13.7 Å². The normalized spacial score (nSPS) is 28.5. The van der Waals surface area contributed by atoms with E-state index in [1.165, 1.54) is 11.1 Å². The molecule has 158 valence electrons. The van der Waals surface area contributed by atoms with Crippen molar-refractivity contribution in [3.8, 4) is 5.75 Å². The van der Waals surface area contributed by atoms with Gasteiger partial charge >= 0.3 is 0 Å². The topological polar surface area (TPSA) is 47.6 Å². The van der Waals surface area contributed by atoms with Crippen LogP contribution in [0.25, 0.3) is 0 Å². The van der Waals surface area contributed by atoms with Crippen LogP contribution in [0.5, 0.6) is 5.75 Å². The Bertz CT molecular complexity index is 702. The first kappa shape index (κ1) is 21.8. The molecule has 0 amide bonds. The Hall–Kier alpha value is -0.910. The highest BCUT2D eigenvalue weighted by atomic mass is 32.2. The summed E-state index contributed by atoms with van der Waals surface area (Å²) < 4.78 is 27.9. The van der Waals surface area contributed by atoms with Crippen LogP contribution in [0.3, 0.4) is 0 Å². The van der Waals surface area contributed by atoms with Crippen molar-refractivity contribution in [1.29, 1.82) is 0 Å². The minimum atomic E-state index is -1.11. The number of ether oxygens (including phenoxy) is 2. The SMILES string of the molecule is COC1CCC2(CC1)Cc1ccc(OCC(C)C)cc1C2NS(=O)C(C)(C)C. The van der Waals surface area contributed by atoms with E-state index in [9.17, 15) is 4.21 Å². The van der Waals surface area contributed by atoms with Gasteiger partial charge in [0.2, 0.25) is 0 Å². The van der Waals surface area contributed by atoms with Crippen molar-refractivity contribution in [2.75, 3.05) is 13.7 Å². The summed E-state index contributed by atoms with van der Waals surface area (Å²) in [4.78, 5) is 0. The van der Waals surface area contributed by atoms with Gasteiger partial charge in [0.1, 0.15) is 5.75 Å². The molecule has 1 N–H and O–H groups in total. The van der Waals surface area contributed by atoms with Gasteiger partial charge in [-0.15, -0.1) is 0 Å². The number of benzene rings is 1. The quantitative estimate of drug-likeness (QED) is 0.726. The molecule has 1 aromatic rings. The fourth-order valence-corrected chi connectivity index (χ4v) is 5.45. The fraction of sp³-hybridized carbons (Fsp3) is 0.739. The van der Waals surface area contributed by atoms with Gasteiger partial charge in [-0.1, -0.05) is 19.9 Å². The summed E-state index contributed by atoms with van der Waals surface area (Å²) in [6.07, 6.45) is 5.74. The smallest absolute Gasteiger partial charge is 0.119 e. The molecule has 2 unspecified atom stereocenters. The maximum Gasteiger partial charge on any atom is 0.119 e. The molecule has 2 atom stereocenters. The molecule has 0 saturated heterocycles. The van der Waals surface area contributed by atoms with E-state index < -0.39 is 11.0 Å². The fourth-order valence-electron chi connectivity index (χ4n) is 4.51. The molecule has 0 bridgehead atoms. The van der Waals surface area contributed by atoms with Crippen LogP contribution in [0.2, 0.25) is 0 Å². The lowest BCUT2D eigenvalue weighted by Crippen LogP contribution is -2.44. The summed E-state index contributed by atoms with van der Waals surface area (Å²) in [5, 5.41) is 0. The molecule has 1 fully saturated rings. The van der Waals surface area contributed by atoms with Crippen molar-refractivity contribution in [1.82, 2.24) is 4.72 Å². The number of hydrogen-bond acceptors (Lipinski definition) is 3. The summed E-state index contributed by atoms with van der Waals surface area (Å²) >= 11 is 0. The zero-order valence-corrected chi connectivity index (χ0v) is 19.2. The van der Waals surface area contributed by atoms with E-state index in [1.54, 1.807) is 0 Å². The van der Waals surface area contributed by atoms with E-state index in [0.717, 1.165) is 37.9 Å². The van der Waals surface area contributed by atoms with Crippen LogP contribution >= 0.6 is 0 Å². The predicted octanol–water partition coefficient (Wildman–Crippen LogP) is 4.95. The largest absolute Gasteiger partial charge is 0.493 e. The molecule has 2 aliphatic rings. The lowest BCUT2D eigenvalue weighted by Gasteiger charge is -2.42. The summed E-state index contributed by atoms with van der Waals surface area (Å²) in [5.74, 6) is 1.41. The third-order valence-corrected chi connectivity index (χ3v) is 7.77. The minimum Gasteiger partial charge on any atom is -0.493 e. The highest BCUT2D eigenvalue weighted by Gasteiger charge is 2.49. The van der Waals surface area contributed by atoms with Gasteiger partial charge in [0, 0.05) is 7.11 Å². The van der Waals surface area contributed by atoms with E-state index in [2.05, 4.69) is 36.8 Å². The van der Waals surface area contributed by atoms with Crippen LogP contribution in [0.1, 0.15) is 77.5 Å². The van der Waals surface area contributed by atoms with Gasteiger partial charge in [0.25, 0.3) is 0 Å². The summed E-state index contributed by atoms with van der Waals surface area (Å²) in [7, 11) is 0.702. The standard InChI is InChI=1S/C23H37NO3S/c1-16(2)15-27-19-8-7-17-14-23(11-9-18(26-6)10-12-23)21(20(17)13-19)24-28(25)22(3,4)5/h7-8,13,16,18,21,24H,9-12,14-15H2,1-6H3. The average Bonchev–Trinajstić information content (AvgIpc) is 2.92. The number of rotatable bonds is 6. The van der Waals surface area contributed by atoms with Gasteiger partial charge in [-0.3, -0.25) is 0 Å². The molecule has 28 heavy (non-hydrogen) atoms. The Labute approximate surface area is 173 Å². The highest BCUT2D eigenvalue weighted by molar-refractivity contribution is 7.84. The van der Waals surface area contributed by atoms with E-state index in [-0.39, 0.29) is 16.2 Å².